The van der Waals surface area contributed by atoms with Crippen LogP contribution in [0.25, 0.3) is 0 Å². The minimum Gasteiger partial charge on any atom is -0.290 e. The van der Waals surface area contributed by atoms with Crippen molar-refractivity contribution in [1.29, 1.82) is 0 Å². The van der Waals surface area contributed by atoms with Crippen LogP contribution in [0.4, 0.5) is 0 Å². The highest BCUT2D eigenvalue weighted by Gasteiger charge is 1.69. The minimum atomic E-state index is -0.144. The van der Waals surface area contributed by atoms with Crippen LogP contribution in [0.1, 0.15) is 0 Å². The van der Waals surface area contributed by atoms with Crippen molar-refractivity contribution in [2.45, 2.75) is 0 Å². The molecule has 0 amide bonds. The Balaban J connectivity index is 2.65. The topological polar surface area (TPSA) is 34.1 Å². The van der Waals surface area contributed by atoms with Gasteiger partial charge in [-0.25, -0.2) is 0 Å². The van der Waals surface area contributed by atoms with Crippen molar-refractivity contribution >= 4 is 14.7 Å². The van der Waals surface area contributed by atoms with Crippen LogP contribution in [-0.4, -0.2) is 12.4 Å². The molecule has 0 bridgehead atoms. The molecule has 0 heterocycles. The van der Waals surface area contributed by atoms with Gasteiger partial charge in [0.25, 0.3) is 0 Å². The molecule has 0 rings (SSSR count). The molecule has 5 heavy (non-hydrogen) atoms. The Morgan fingerprint density at radius 3 is 2.40 bits per heavy atom. The van der Waals surface area contributed by atoms with E-state index < -0.39 is 0 Å². The summed E-state index contributed by atoms with van der Waals surface area (Å²) in [5, 5.41) is 0. The van der Waals surface area contributed by atoms with Gasteiger partial charge < -0.3 is 0 Å². The average molecular weight is 89.0 g/mol. The maximum atomic E-state index is 9.24. The Labute approximate surface area is 31.4 Å². The molecule has 3 heteroatoms. The Bertz CT molecular complexity index is 36.9. The van der Waals surface area contributed by atoms with E-state index in [0.29, 0.717) is 0 Å². The Kier molecular flexibility index (Phi) is 3.60. The first-order valence-electron chi connectivity index (χ1n) is 1.06. The zero-order valence-electron chi connectivity index (χ0n) is 2.47. The molecule has 0 saturated carbocycles. The van der Waals surface area contributed by atoms with Crippen LogP contribution in [0, 0.1) is 0 Å². The predicted molar refractivity (Wildman–Crippen MR) is 18.2 cm³/mol. The number of rotatable bonds is 2. The molecule has 2 nitrogen and oxygen atoms in total. The van der Waals surface area contributed by atoms with Gasteiger partial charge in [-0.3, -0.25) is 9.36 Å². The molecule has 0 aromatic heterocycles. The van der Waals surface area contributed by atoms with Crippen molar-refractivity contribution in [1.82, 2.24) is 0 Å². The molecular formula is C2H2O2P. The lowest BCUT2D eigenvalue weighted by Gasteiger charge is -1.49. The van der Waals surface area contributed by atoms with E-state index in [0.717, 1.165) is 0 Å². The van der Waals surface area contributed by atoms with Gasteiger partial charge in [-0.1, -0.05) is 0 Å². The van der Waals surface area contributed by atoms with Crippen LogP contribution >= 0.6 is 8.46 Å². The van der Waals surface area contributed by atoms with Crippen molar-refractivity contribution in [2.75, 3.05) is 6.16 Å². The highest BCUT2D eigenvalue weighted by atomic mass is 31.1. The van der Waals surface area contributed by atoms with Crippen LogP contribution in [0.5, 0.6) is 0 Å². The summed E-state index contributed by atoms with van der Waals surface area (Å²) in [6.07, 6.45) is 1.44. The fourth-order valence-corrected chi connectivity index (χ4v) is 0.0791. The van der Waals surface area contributed by atoms with E-state index in [4.69, 9.17) is 4.79 Å². The molecule has 0 fully saturated rings. The molecule has 0 aromatic carbocycles. The van der Waals surface area contributed by atoms with Crippen molar-refractivity contribution < 1.29 is 9.36 Å². The summed E-state index contributed by atoms with van der Waals surface area (Å²) in [6.45, 7) is 0. The predicted octanol–water partition coefficient (Wildman–Crippen LogP) is 0.388. The molecule has 0 aliphatic rings. The highest BCUT2D eigenvalue weighted by Crippen LogP contribution is 1.81. The van der Waals surface area contributed by atoms with Gasteiger partial charge in [0.2, 0.25) is 6.29 Å². The second kappa shape index (κ2) is 3.77. The molecular weight excluding hydrogens is 87.0 g/mol. The van der Waals surface area contributed by atoms with Gasteiger partial charge in [-0.15, -0.1) is 0 Å². The Morgan fingerprint density at radius 1 is 1.80 bits per heavy atom. The molecule has 0 unspecified atom stereocenters. The molecule has 0 spiro atoms. The lowest BCUT2D eigenvalue weighted by Crippen LogP contribution is -1.64. The first-order valence-corrected chi connectivity index (χ1v) is 2.05. The summed E-state index contributed by atoms with van der Waals surface area (Å²) in [6, 6.07) is 0. The molecule has 0 atom stereocenters. The maximum Gasteiger partial charge on any atom is 0.210 e. The van der Waals surface area contributed by atoms with Gasteiger partial charge in [-0.05, 0) is 0 Å². The molecule has 1 radical (unpaired) electrons. The van der Waals surface area contributed by atoms with Gasteiger partial charge in [0.1, 0.15) is 0 Å². The van der Waals surface area contributed by atoms with Crippen molar-refractivity contribution in [3.05, 3.63) is 0 Å². The average Bonchev–Trinajstić information content (AvgIpc) is 1.41. The fourth-order valence-electron chi connectivity index (χ4n) is 0.0264. The largest absolute Gasteiger partial charge is 0.290 e. The number of carbonyl (C=O) groups excluding carboxylic acids is 1. The third kappa shape index (κ3) is 3.77. The normalized spacial score (nSPS) is 8.00. The Morgan fingerprint density at radius 2 is 2.40 bits per heavy atom. The van der Waals surface area contributed by atoms with E-state index in [1.165, 1.54) is 6.29 Å². The molecule has 0 aliphatic carbocycles. The molecule has 27 valence electrons. The summed E-state index contributed by atoms with van der Waals surface area (Å²) >= 11 is 0. The third-order valence-electron chi connectivity index (χ3n) is 0.129. The van der Waals surface area contributed by atoms with Crippen LogP contribution in [0.3, 0.4) is 0 Å². The summed E-state index contributed by atoms with van der Waals surface area (Å²) in [5.41, 5.74) is 0. The smallest absolute Gasteiger partial charge is 0.210 e. The highest BCUT2D eigenvalue weighted by molar-refractivity contribution is 7.24. The van der Waals surface area contributed by atoms with E-state index in [1.807, 2.05) is 0 Å². The van der Waals surface area contributed by atoms with Crippen molar-refractivity contribution in [2.24, 2.45) is 0 Å². The van der Waals surface area contributed by atoms with Crippen molar-refractivity contribution in [3.8, 4) is 0 Å². The first kappa shape index (κ1) is 4.77. The summed E-state index contributed by atoms with van der Waals surface area (Å²) in [5.74, 6) is 0. The third-order valence-corrected chi connectivity index (χ3v) is 0.387. The number of hydrogen-bond acceptors (Lipinski definition) is 2. The fraction of sp³-hybridized carbons (Fsp3) is 0.500. The molecule has 0 aliphatic heterocycles. The van der Waals surface area contributed by atoms with Gasteiger partial charge in [0.05, 0.1) is 6.16 Å². The second-order valence-corrected chi connectivity index (χ2v) is 1.01. The number of hydrogen-bond donors (Lipinski definition) is 0. The first-order chi connectivity index (χ1) is 2.41. The molecule has 0 saturated heterocycles. The lowest BCUT2D eigenvalue weighted by molar-refractivity contribution is 0.558. The van der Waals surface area contributed by atoms with E-state index in [1.54, 1.807) is 0 Å². The monoisotopic (exact) mass is 89.0 g/mol. The van der Waals surface area contributed by atoms with E-state index >= 15 is 0 Å². The van der Waals surface area contributed by atoms with Gasteiger partial charge in [-0.2, -0.15) is 0 Å². The summed E-state index contributed by atoms with van der Waals surface area (Å²) in [7, 11) is -0.144. The van der Waals surface area contributed by atoms with Gasteiger partial charge in [0, 0.05) is 0 Å². The van der Waals surface area contributed by atoms with Crippen molar-refractivity contribution in [3.63, 3.8) is 0 Å². The quantitative estimate of drug-likeness (QED) is 0.458. The van der Waals surface area contributed by atoms with Crippen LogP contribution in [0.15, 0.2) is 0 Å². The summed E-state index contributed by atoms with van der Waals surface area (Å²) in [4.78, 5) is 9.07. The second-order valence-electron chi connectivity index (χ2n) is 0.432. The Hall–Kier alpha value is -0.230. The van der Waals surface area contributed by atoms with E-state index in [-0.39, 0.29) is 14.6 Å². The van der Waals surface area contributed by atoms with E-state index in [2.05, 4.69) is 0 Å². The zero-order valence-corrected chi connectivity index (χ0v) is 3.37. The van der Waals surface area contributed by atoms with Crippen LogP contribution in [0.2, 0.25) is 0 Å². The maximum absolute atomic E-state index is 9.24. The van der Waals surface area contributed by atoms with Gasteiger partial charge in [0.15, 0.2) is 8.46 Å². The van der Waals surface area contributed by atoms with Gasteiger partial charge >= 0.3 is 0 Å². The summed E-state index contributed by atoms with van der Waals surface area (Å²) < 4.78 is 9.24. The zero-order chi connectivity index (χ0) is 4.12. The molecule has 0 N–H and O–H groups in total. The standard InChI is InChI=1S/C2H2O2P/c3-1-2-5-4/h2H2. The van der Waals surface area contributed by atoms with Crippen LogP contribution < -0.4 is 0 Å². The van der Waals surface area contributed by atoms with Crippen LogP contribution in [-0.2, 0) is 9.36 Å². The lowest BCUT2D eigenvalue weighted by atomic mass is 10.9. The molecule has 0 aromatic rings. The minimum absolute atomic E-state index is 0. The SMILES string of the molecule is O=[C]CP=O. The van der Waals surface area contributed by atoms with E-state index in [9.17, 15) is 4.57 Å².